The van der Waals surface area contributed by atoms with Crippen molar-refractivity contribution in [1.29, 1.82) is 0 Å². The van der Waals surface area contributed by atoms with Crippen LogP contribution in [0.1, 0.15) is 79.6 Å². The van der Waals surface area contributed by atoms with Gasteiger partial charge in [0.25, 0.3) is 0 Å². The molecule has 1 heteroatoms. The van der Waals surface area contributed by atoms with Crippen LogP contribution < -0.4 is 0 Å². The Morgan fingerprint density at radius 3 is 2.59 bits per heavy atom. The summed E-state index contributed by atoms with van der Waals surface area (Å²) >= 11 is 0. The molecule has 0 aromatic rings. The summed E-state index contributed by atoms with van der Waals surface area (Å²) in [6.45, 7) is 12.0. The lowest BCUT2D eigenvalue weighted by Gasteiger charge is -2.61. The van der Waals surface area contributed by atoms with E-state index in [2.05, 4.69) is 46.6 Å². The van der Waals surface area contributed by atoms with Crippen LogP contribution in [0.15, 0.2) is 11.6 Å². The van der Waals surface area contributed by atoms with Crippen LogP contribution in [-0.4, -0.2) is 11.2 Å². The predicted molar refractivity (Wildman–Crippen MR) is 92.5 cm³/mol. The van der Waals surface area contributed by atoms with E-state index in [9.17, 15) is 0 Å². The van der Waals surface area contributed by atoms with E-state index < -0.39 is 0 Å². The zero-order valence-electron chi connectivity index (χ0n) is 15.1. The van der Waals surface area contributed by atoms with E-state index in [0.29, 0.717) is 11.3 Å². The zero-order chi connectivity index (χ0) is 16.2. The Kier molecular flexibility index (Phi) is 3.57. The lowest BCUT2D eigenvalue weighted by atomic mass is 9.46. The number of allylic oxidation sites excluding steroid dienone is 1. The minimum atomic E-state index is -0.143. The third-order valence-corrected chi connectivity index (χ3v) is 7.35. The third-order valence-electron chi connectivity index (χ3n) is 7.35. The van der Waals surface area contributed by atoms with E-state index in [-0.39, 0.29) is 16.6 Å². The number of hydrogen-bond donors (Lipinski definition) is 0. The molecule has 0 aromatic heterocycles. The van der Waals surface area contributed by atoms with E-state index in [0.717, 1.165) is 19.3 Å². The van der Waals surface area contributed by atoms with Crippen LogP contribution in [0.4, 0.5) is 0 Å². The molecule has 1 heterocycles. The van der Waals surface area contributed by atoms with Gasteiger partial charge in [-0.3, -0.25) is 0 Å². The maximum atomic E-state index is 6.89. The maximum Gasteiger partial charge on any atom is 0.0953 e. The smallest absolute Gasteiger partial charge is 0.0953 e. The van der Waals surface area contributed by atoms with E-state index in [1.807, 2.05) is 0 Å². The minimum absolute atomic E-state index is 0.0841. The second kappa shape index (κ2) is 4.88. The lowest BCUT2D eigenvalue weighted by molar-refractivity contribution is -0.187. The molecule has 1 aliphatic heterocycles. The fourth-order valence-corrected chi connectivity index (χ4v) is 6.08. The molecule has 0 amide bonds. The second-order valence-electron chi connectivity index (χ2n) is 9.19. The second-order valence-corrected chi connectivity index (χ2v) is 9.19. The normalized spacial score (nSPS) is 46.9. The van der Waals surface area contributed by atoms with Gasteiger partial charge in [0.15, 0.2) is 0 Å². The van der Waals surface area contributed by atoms with Crippen LogP contribution >= 0.6 is 0 Å². The van der Waals surface area contributed by atoms with E-state index in [4.69, 9.17) is 11.2 Å². The number of fused-ring (bicyclic) bond motifs is 2. The van der Waals surface area contributed by atoms with Crippen molar-refractivity contribution in [3.63, 3.8) is 0 Å². The van der Waals surface area contributed by atoms with Crippen LogP contribution in [0, 0.1) is 29.1 Å². The number of rotatable bonds is 1. The van der Waals surface area contributed by atoms with Gasteiger partial charge in [0.1, 0.15) is 0 Å². The van der Waals surface area contributed by atoms with Gasteiger partial charge in [0.2, 0.25) is 0 Å². The molecular weight excluding hydrogens is 268 g/mol. The highest BCUT2D eigenvalue weighted by atomic mass is 16.5. The first kappa shape index (κ1) is 16.1. The van der Waals surface area contributed by atoms with Gasteiger partial charge in [-0.05, 0) is 62.9 Å². The van der Waals surface area contributed by atoms with Gasteiger partial charge in [-0.15, -0.1) is 12.3 Å². The standard InChI is InChI=1S/C21H32O/c1-7-11-19(5)14-15-21(22-19)16(2)9-10-17-18(3,4)12-8-13-20(17,21)6/h1,9,17H,8,10-15H2,2-6H3/t17-,19+,20-,21+/m0/s1. The Morgan fingerprint density at radius 2 is 1.91 bits per heavy atom. The quantitative estimate of drug-likeness (QED) is 0.459. The average molecular weight is 300 g/mol. The van der Waals surface area contributed by atoms with Crippen molar-refractivity contribution in [2.24, 2.45) is 16.7 Å². The number of ether oxygens (including phenoxy) is 1. The van der Waals surface area contributed by atoms with Crippen LogP contribution in [0.5, 0.6) is 0 Å². The first-order valence-corrected chi connectivity index (χ1v) is 9.00. The Hall–Kier alpha value is -0.740. The third kappa shape index (κ3) is 2.03. The van der Waals surface area contributed by atoms with Crippen molar-refractivity contribution in [2.45, 2.75) is 90.8 Å². The highest BCUT2D eigenvalue weighted by Crippen LogP contribution is 2.66. The highest BCUT2D eigenvalue weighted by molar-refractivity contribution is 5.30. The topological polar surface area (TPSA) is 9.23 Å². The Morgan fingerprint density at radius 1 is 1.18 bits per heavy atom. The Labute approximate surface area is 136 Å². The van der Waals surface area contributed by atoms with Gasteiger partial charge >= 0.3 is 0 Å². The Bertz CT molecular complexity index is 537. The number of terminal acetylenes is 1. The predicted octanol–water partition coefficient (Wildman–Crippen LogP) is 5.50. The lowest BCUT2D eigenvalue weighted by Crippen LogP contribution is -2.59. The van der Waals surface area contributed by atoms with Crippen LogP contribution in [-0.2, 0) is 4.74 Å². The summed E-state index contributed by atoms with van der Waals surface area (Å²) in [5.74, 6) is 3.56. The molecule has 0 N–H and O–H groups in total. The molecule has 0 bridgehead atoms. The summed E-state index contributed by atoms with van der Waals surface area (Å²) in [6, 6.07) is 0. The molecule has 1 nitrogen and oxygen atoms in total. The molecule has 3 aliphatic rings. The van der Waals surface area contributed by atoms with Crippen LogP contribution in [0.2, 0.25) is 0 Å². The van der Waals surface area contributed by atoms with Crippen molar-refractivity contribution in [2.75, 3.05) is 0 Å². The molecule has 1 spiro atoms. The summed E-state index contributed by atoms with van der Waals surface area (Å²) < 4.78 is 6.89. The zero-order valence-corrected chi connectivity index (χ0v) is 15.1. The average Bonchev–Trinajstić information content (AvgIpc) is 2.76. The van der Waals surface area contributed by atoms with E-state index in [1.54, 1.807) is 0 Å². The van der Waals surface area contributed by atoms with Gasteiger partial charge in [-0.25, -0.2) is 0 Å². The van der Waals surface area contributed by atoms with E-state index >= 15 is 0 Å². The molecule has 2 fully saturated rings. The summed E-state index contributed by atoms with van der Waals surface area (Å²) in [6.07, 6.45) is 16.2. The molecule has 0 radical (unpaired) electrons. The van der Waals surface area contributed by atoms with Crippen LogP contribution in [0.3, 0.4) is 0 Å². The van der Waals surface area contributed by atoms with Crippen molar-refractivity contribution in [3.8, 4) is 12.3 Å². The largest absolute Gasteiger partial charge is 0.363 e. The van der Waals surface area contributed by atoms with Gasteiger partial charge in [-0.2, -0.15) is 0 Å². The highest BCUT2D eigenvalue weighted by Gasteiger charge is 2.64. The molecule has 4 atom stereocenters. The number of hydrogen-bond acceptors (Lipinski definition) is 1. The molecule has 1 saturated carbocycles. The molecule has 122 valence electrons. The fraction of sp³-hybridized carbons (Fsp3) is 0.810. The van der Waals surface area contributed by atoms with Crippen molar-refractivity contribution >= 4 is 0 Å². The minimum Gasteiger partial charge on any atom is -0.363 e. The molecular formula is C21H32O. The first-order valence-electron chi connectivity index (χ1n) is 9.00. The van der Waals surface area contributed by atoms with Gasteiger partial charge in [-0.1, -0.05) is 33.3 Å². The molecule has 1 saturated heterocycles. The van der Waals surface area contributed by atoms with Crippen molar-refractivity contribution in [1.82, 2.24) is 0 Å². The Balaban J connectivity index is 2.05. The monoisotopic (exact) mass is 300 g/mol. The first-order chi connectivity index (χ1) is 10.2. The molecule has 0 aromatic carbocycles. The molecule has 0 unspecified atom stereocenters. The summed E-state index contributed by atoms with van der Waals surface area (Å²) in [5.41, 5.74) is 1.89. The van der Waals surface area contributed by atoms with Crippen molar-refractivity contribution < 1.29 is 4.74 Å². The molecule has 22 heavy (non-hydrogen) atoms. The SMILES string of the molecule is C#CC[C@]1(C)CC[C@@]2(O1)C(C)=CC[C@H]1C(C)(C)CCC[C@@]12C. The maximum absolute atomic E-state index is 6.89. The summed E-state index contributed by atoms with van der Waals surface area (Å²) in [5, 5.41) is 0. The fourth-order valence-electron chi connectivity index (χ4n) is 6.08. The summed E-state index contributed by atoms with van der Waals surface area (Å²) in [4.78, 5) is 0. The summed E-state index contributed by atoms with van der Waals surface area (Å²) in [7, 11) is 0. The van der Waals surface area contributed by atoms with Crippen molar-refractivity contribution in [3.05, 3.63) is 11.6 Å². The van der Waals surface area contributed by atoms with E-state index in [1.165, 1.54) is 31.3 Å². The van der Waals surface area contributed by atoms with Gasteiger partial charge < -0.3 is 4.74 Å². The molecule has 3 rings (SSSR count). The van der Waals surface area contributed by atoms with Crippen LogP contribution in [0.25, 0.3) is 0 Å². The van der Waals surface area contributed by atoms with Gasteiger partial charge in [0.05, 0.1) is 11.2 Å². The molecule has 2 aliphatic carbocycles. The van der Waals surface area contributed by atoms with Gasteiger partial charge in [0, 0.05) is 11.8 Å².